The number of nitrogens with zero attached hydrogens (tertiary/aromatic N) is 1. The van der Waals surface area contributed by atoms with Crippen LogP contribution in [0.1, 0.15) is 50.5 Å². The van der Waals surface area contributed by atoms with E-state index < -0.39 is 0 Å². The van der Waals surface area contributed by atoms with E-state index in [0.29, 0.717) is 11.8 Å². The van der Waals surface area contributed by atoms with Gasteiger partial charge in [0.15, 0.2) is 0 Å². The van der Waals surface area contributed by atoms with Gasteiger partial charge in [0.25, 0.3) is 0 Å². The maximum atomic E-state index is 12.4. The van der Waals surface area contributed by atoms with Crippen molar-refractivity contribution in [3.63, 3.8) is 0 Å². The molecular weight excluding hydrogens is 316 g/mol. The highest BCUT2D eigenvalue weighted by atomic mass is 16.5. The highest BCUT2D eigenvalue weighted by Gasteiger charge is 2.48. The van der Waals surface area contributed by atoms with Crippen molar-refractivity contribution < 1.29 is 13.9 Å². The van der Waals surface area contributed by atoms with E-state index in [4.69, 9.17) is 9.15 Å². The van der Waals surface area contributed by atoms with Gasteiger partial charge in [-0.1, -0.05) is 6.92 Å². The summed E-state index contributed by atoms with van der Waals surface area (Å²) in [6.07, 6.45) is 5.14. The van der Waals surface area contributed by atoms with Crippen molar-refractivity contribution in [2.75, 3.05) is 19.6 Å². The van der Waals surface area contributed by atoms with E-state index in [1.54, 1.807) is 0 Å². The minimum absolute atomic E-state index is 0.101. The lowest BCUT2D eigenvalue weighted by Crippen LogP contribution is -2.51. The average molecular weight is 346 g/mol. The van der Waals surface area contributed by atoms with Gasteiger partial charge in [0, 0.05) is 19.6 Å². The van der Waals surface area contributed by atoms with E-state index in [0.717, 1.165) is 57.0 Å². The lowest BCUT2D eigenvalue weighted by Gasteiger charge is -2.44. The van der Waals surface area contributed by atoms with Gasteiger partial charge in [0.05, 0.1) is 12.1 Å². The Morgan fingerprint density at radius 1 is 1.32 bits per heavy atom. The number of carbonyl (C=O) groups is 1. The van der Waals surface area contributed by atoms with Gasteiger partial charge >= 0.3 is 0 Å². The van der Waals surface area contributed by atoms with Crippen molar-refractivity contribution in [1.29, 1.82) is 0 Å². The zero-order valence-corrected chi connectivity index (χ0v) is 15.4. The number of amides is 1. The van der Waals surface area contributed by atoms with Crippen LogP contribution in [-0.4, -0.2) is 42.1 Å². The standard InChI is InChI=1S/C20H30N2O3/c1-14-12-22(13-17-6-3-15(2)24-17)10-9-20(14)8-7-18(25-20)19(23)21-11-16-4-5-16/h3,6,14,16,18H,4-5,7-13H2,1-2H3,(H,21,23)/t14-,18-,20+/m0/s1. The first-order valence-electron chi connectivity index (χ1n) is 9.77. The maximum Gasteiger partial charge on any atom is 0.249 e. The molecule has 138 valence electrons. The van der Waals surface area contributed by atoms with Crippen molar-refractivity contribution in [3.05, 3.63) is 23.7 Å². The Morgan fingerprint density at radius 3 is 2.84 bits per heavy atom. The summed E-state index contributed by atoms with van der Waals surface area (Å²) < 4.78 is 12.1. The van der Waals surface area contributed by atoms with Gasteiger partial charge in [0.1, 0.15) is 17.6 Å². The zero-order valence-electron chi connectivity index (χ0n) is 15.4. The lowest BCUT2D eigenvalue weighted by atomic mass is 9.80. The first kappa shape index (κ1) is 17.1. The molecule has 4 rings (SSSR count). The molecule has 0 aromatic carbocycles. The van der Waals surface area contributed by atoms with Crippen LogP contribution in [-0.2, 0) is 16.1 Å². The third-order valence-electron chi connectivity index (χ3n) is 6.22. The molecular formula is C20H30N2O3. The van der Waals surface area contributed by atoms with E-state index in [1.165, 1.54) is 12.8 Å². The Bertz CT molecular complexity index is 624. The van der Waals surface area contributed by atoms with E-state index in [1.807, 2.05) is 13.0 Å². The number of aryl methyl sites for hydroxylation is 1. The lowest BCUT2D eigenvalue weighted by molar-refractivity contribution is -0.147. The van der Waals surface area contributed by atoms with Crippen LogP contribution in [0.4, 0.5) is 0 Å². The first-order chi connectivity index (χ1) is 12.0. The van der Waals surface area contributed by atoms with Crippen LogP contribution in [0.2, 0.25) is 0 Å². The minimum atomic E-state index is -0.250. The molecule has 0 bridgehead atoms. The highest BCUT2D eigenvalue weighted by molar-refractivity contribution is 5.81. The number of carbonyl (C=O) groups excluding carboxylic acids is 1. The fourth-order valence-corrected chi connectivity index (χ4v) is 4.36. The summed E-state index contributed by atoms with van der Waals surface area (Å²) in [5.74, 6) is 3.25. The molecule has 1 saturated carbocycles. The molecule has 2 aliphatic heterocycles. The summed E-state index contributed by atoms with van der Waals surface area (Å²) in [6.45, 7) is 7.94. The van der Waals surface area contributed by atoms with Crippen molar-refractivity contribution in [2.45, 2.75) is 64.2 Å². The predicted octanol–water partition coefficient (Wildman–Crippen LogP) is 2.87. The number of nitrogens with one attached hydrogen (secondary N) is 1. The molecule has 25 heavy (non-hydrogen) atoms. The largest absolute Gasteiger partial charge is 0.465 e. The van der Waals surface area contributed by atoms with E-state index in [9.17, 15) is 4.79 Å². The maximum absolute atomic E-state index is 12.4. The monoisotopic (exact) mass is 346 g/mol. The number of ether oxygens (including phenoxy) is 1. The van der Waals surface area contributed by atoms with Crippen molar-refractivity contribution in [2.24, 2.45) is 11.8 Å². The fourth-order valence-electron chi connectivity index (χ4n) is 4.36. The Balaban J connectivity index is 1.30. The number of furan rings is 1. The van der Waals surface area contributed by atoms with Gasteiger partial charge in [-0.3, -0.25) is 9.69 Å². The van der Waals surface area contributed by atoms with Crippen molar-refractivity contribution in [3.8, 4) is 0 Å². The number of hydrogen-bond acceptors (Lipinski definition) is 4. The number of rotatable bonds is 5. The molecule has 3 heterocycles. The molecule has 1 aromatic heterocycles. The van der Waals surface area contributed by atoms with Crippen LogP contribution in [0.3, 0.4) is 0 Å². The van der Waals surface area contributed by atoms with Gasteiger partial charge in [-0.2, -0.15) is 0 Å². The summed E-state index contributed by atoms with van der Waals surface area (Å²) in [6, 6.07) is 4.09. The van der Waals surface area contributed by atoms with Crippen LogP contribution in [0.25, 0.3) is 0 Å². The van der Waals surface area contributed by atoms with Crippen LogP contribution in [0.5, 0.6) is 0 Å². The second-order valence-corrected chi connectivity index (χ2v) is 8.30. The van der Waals surface area contributed by atoms with E-state index in [2.05, 4.69) is 23.2 Å². The molecule has 1 aromatic rings. The highest BCUT2D eigenvalue weighted by Crippen LogP contribution is 2.42. The van der Waals surface area contributed by atoms with Crippen LogP contribution >= 0.6 is 0 Å². The van der Waals surface area contributed by atoms with Gasteiger partial charge in [-0.15, -0.1) is 0 Å². The molecule has 0 radical (unpaired) electrons. The van der Waals surface area contributed by atoms with Gasteiger partial charge in [-0.05, 0) is 63.0 Å². The van der Waals surface area contributed by atoms with Crippen LogP contribution in [0, 0.1) is 18.8 Å². The third kappa shape index (κ3) is 3.77. The number of piperidine rings is 1. The van der Waals surface area contributed by atoms with Crippen LogP contribution in [0.15, 0.2) is 16.5 Å². The Morgan fingerprint density at radius 2 is 2.16 bits per heavy atom. The van der Waals surface area contributed by atoms with Gasteiger partial charge in [0.2, 0.25) is 5.91 Å². The average Bonchev–Trinajstić information content (AvgIpc) is 3.18. The molecule has 0 unspecified atom stereocenters. The normalized spacial score (nSPS) is 33.0. The molecule has 1 aliphatic carbocycles. The molecule has 3 aliphatic rings. The third-order valence-corrected chi connectivity index (χ3v) is 6.22. The first-order valence-corrected chi connectivity index (χ1v) is 9.77. The summed E-state index contributed by atoms with van der Waals surface area (Å²) in [5, 5.41) is 3.08. The minimum Gasteiger partial charge on any atom is -0.465 e. The van der Waals surface area contributed by atoms with E-state index in [-0.39, 0.29) is 17.6 Å². The Hall–Kier alpha value is -1.33. The second kappa shape index (κ2) is 6.76. The molecule has 5 nitrogen and oxygen atoms in total. The Labute approximate surface area is 150 Å². The molecule has 2 saturated heterocycles. The fraction of sp³-hybridized carbons (Fsp3) is 0.750. The Kier molecular flexibility index (Phi) is 4.63. The summed E-state index contributed by atoms with van der Waals surface area (Å²) >= 11 is 0. The summed E-state index contributed by atoms with van der Waals surface area (Å²) in [4.78, 5) is 14.8. The predicted molar refractivity (Wildman–Crippen MR) is 95.1 cm³/mol. The molecule has 1 N–H and O–H groups in total. The van der Waals surface area contributed by atoms with Crippen molar-refractivity contribution in [1.82, 2.24) is 10.2 Å². The SMILES string of the molecule is Cc1ccc(CN2CC[C@]3(CC[C@@H](C(=O)NCC4CC4)O3)[C@@H](C)C2)o1. The number of hydrogen-bond donors (Lipinski definition) is 1. The number of likely N-dealkylation sites (tertiary alicyclic amines) is 1. The van der Waals surface area contributed by atoms with E-state index >= 15 is 0 Å². The molecule has 1 amide bonds. The smallest absolute Gasteiger partial charge is 0.249 e. The molecule has 5 heteroatoms. The van der Waals surface area contributed by atoms with Crippen LogP contribution < -0.4 is 5.32 Å². The van der Waals surface area contributed by atoms with Gasteiger partial charge < -0.3 is 14.5 Å². The quantitative estimate of drug-likeness (QED) is 0.891. The zero-order chi connectivity index (χ0) is 17.4. The topological polar surface area (TPSA) is 54.7 Å². The molecule has 1 spiro atoms. The second-order valence-electron chi connectivity index (χ2n) is 8.30. The summed E-state index contributed by atoms with van der Waals surface area (Å²) in [7, 11) is 0. The molecule has 3 atom stereocenters. The summed E-state index contributed by atoms with van der Waals surface area (Å²) in [5.41, 5.74) is -0.114. The van der Waals surface area contributed by atoms with Crippen molar-refractivity contribution >= 4 is 5.91 Å². The van der Waals surface area contributed by atoms with Gasteiger partial charge in [-0.25, -0.2) is 0 Å². The molecule has 3 fully saturated rings.